The molecule has 16 heavy (non-hydrogen) atoms. The molecule has 1 N–H and O–H groups in total. The van der Waals surface area contributed by atoms with Gasteiger partial charge in [-0.1, -0.05) is 27.7 Å². The number of hydrogen-bond donors (Lipinski definition) is 1. The van der Waals surface area contributed by atoms with E-state index in [9.17, 15) is 9.90 Å². The largest absolute Gasteiger partial charge is 0.459 e. The Morgan fingerprint density at radius 3 is 2.62 bits per heavy atom. The highest BCUT2D eigenvalue weighted by Crippen LogP contribution is 2.38. The second-order valence-electron chi connectivity index (χ2n) is 5.27. The van der Waals surface area contributed by atoms with E-state index in [0.29, 0.717) is 0 Å². The fourth-order valence-corrected chi connectivity index (χ4v) is 2.23. The fourth-order valence-electron chi connectivity index (χ4n) is 2.23. The van der Waals surface area contributed by atoms with Crippen molar-refractivity contribution in [2.45, 2.75) is 65.1 Å². The molecule has 0 amide bonds. The Balaban J connectivity index is 2.63. The highest BCUT2D eigenvalue weighted by Gasteiger charge is 2.46. The lowest BCUT2D eigenvalue weighted by atomic mass is 9.87. The first-order chi connectivity index (χ1) is 7.41. The number of carbonyl (C=O) groups is 1. The summed E-state index contributed by atoms with van der Waals surface area (Å²) in [6.45, 7) is 7.80. The van der Waals surface area contributed by atoms with E-state index in [4.69, 9.17) is 4.74 Å². The molecule has 0 heterocycles. The van der Waals surface area contributed by atoms with Crippen LogP contribution in [-0.2, 0) is 9.53 Å². The zero-order chi connectivity index (χ0) is 12.3. The summed E-state index contributed by atoms with van der Waals surface area (Å²) >= 11 is 0. The first-order valence-electron chi connectivity index (χ1n) is 6.34. The van der Waals surface area contributed by atoms with Gasteiger partial charge in [-0.3, -0.25) is 4.79 Å². The molecule has 3 atom stereocenters. The van der Waals surface area contributed by atoms with Crippen molar-refractivity contribution in [2.24, 2.45) is 11.8 Å². The highest BCUT2D eigenvalue weighted by molar-refractivity contribution is 5.72. The fraction of sp³-hybridized carbons (Fsp3) is 0.923. The second-order valence-corrected chi connectivity index (χ2v) is 5.27. The van der Waals surface area contributed by atoms with Gasteiger partial charge in [0.2, 0.25) is 0 Å². The van der Waals surface area contributed by atoms with Gasteiger partial charge >= 0.3 is 5.97 Å². The maximum absolute atomic E-state index is 11.7. The quantitative estimate of drug-likeness (QED) is 0.752. The molecule has 94 valence electrons. The van der Waals surface area contributed by atoms with Crippen LogP contribution in [-0.4, -0.2) is 22.8 Å². The van der Waals surface area contributed by atoms with Crippen LogP contribution in [0.3, 0.4) is 0 Å². The third kappa shape index (κ3) is 2.57. The maximum Gasteiger partial charge on any atom is 0.309 e. The van der Waals surface area contributed by atoms with Crippen molar-refractivity contribution in [3.05, 3.63) is 0 Å². The molecule has 0 saturated heterocycles. The molecule has 0 bridgehead atoms. The minimum Gasteiger partial charge on any atom is -0.459 e. The molecule has 0 spiro atoms. The number of ether oxygens (including phenoxy) is 1. The van der Waals surface area contributed by atoms with Crippen molar-refractivity contribution in [1.29, 1.82) is 0 Å². The molecule has 1 rings (SSSR count). The third-order valence-electron chi connectivity index (χ3n) is 3.87. The zero-order valence-electron chi connectivity index (χ0n) is 10.8. The lowest BCUT2D eigenvalue weighted by molar-refractivity contribution is -0.170. The smallest absolute Gasteiger partial charge is 0.309 e. The first-order valence-corrected chi connectivity index (χ1v) is 6.34. The Bertz CT molecular complexity index is 250. The van der Waals surface area contributed by atoms with Crippen LogP contribution < -0.4 is 0 Å². The SMILES string of the molecule is CCC(C)C(=O)OC1CCCC1(O)C(C)C. The van der Waals surface area contributed by atoms with Gasteiger partial charge < -0.3 is 9.84 Å². The standard InChI is InChI=1S/C13H24O3/c1-5-10(4)12(14)16-11-7-6-8-13(11,15)9(2)3/h9-11,15H,5-8H2,1-4H3. The van der Waals surface area contributed by atoms with E-state index in [1.807, 2.05) is 27.7 Å². The van der Waals surface area contributed by atoms with E-state index >= 15 is 0 Å². The molecule has 1 saturated carbocycles. The van der Waals surface area contributed by atoms with E-state index in [1.165, 1.54) is 0 Å². The third-order valence-corrected chi connectivity index (χ3v) is 3.87. The molecule has 0 aromatic heterocycles. The van der Waals surface area contributed by atoms with Crippen LogP contribution >= 0.6 is 0 Å². The molecule has 0 aromatic rings. The highest BCUT2D eigenvalue weighted by atomic mass is 16.6. The van der Waals surface area contributed by atoms with Crippen molar-refractivity contribution in [3.8, 4) is 0 Å². The van der Waals surface area contributed by atoms with Gasteiger partial charge in [0.1, 0.15) is 11.7 Å². The Morgan fingerprint density at radius 1 is 1.50 bits per heavy atom. The van der Waals surface area contributed by atoms with Crippen LogP contribution in [0.2, 0.25) is 0 Å². The molecule has 0 radical (unpaired) electrons. The topological polar surface area (TPSA) is 46.5 Å². The number of rotatable bonds is 4. The second kappa shape index (κ2) is 5.17. The summed E-state index contributed by atoms with van der Waals surface area (Å²) in [4.78, 5) is 11.7. The number of aliphatic hydroxyl groups is 1. The minimum atomic E-state index is -0.816. The van der Waals surface area contributed by atoms with Gasteiger partial charge in [-0.25, -0.2) is 0 Å². The first kappa shape index (κ1) is 13.5. The lowest BCUT2D eigenvalue weighted by Crippen LogP contribution is -2.45. The molecule has 1 aliphatic rings. The van der Waals surface area contributed by atoms with Crippen molar-refractivity contribution < 1.29 is 14.6 Å². The molecular weight excluding hydrogens is 204 g/mol. The molecule has 3 unspecified atom stereocenters. The van der Waals surface area contributed by atoms with Gasteiger partial charge in [-0.05, 0) is 31.6 Å². The Morgan fingerprint density at radius 2 is 2.12 bits per heavy atom. The van der Waals surface area contributed by atoms with Gasteiger partial charge in [0.25, 0.3) is 0 Å². The van der Waals surface area contributed by atoms with Gasteiger partial charge in [-0.2, -0.15) is 0 Å². The molecule has 0 aliphatic heterocycles. The molecular formula is C13H24O3. The van der Waals surface area contributed by atoms with Gasteiger partial charge in [-0.15, -0.1) is 0 Å². The molecule has 3 nitrogen and oxygen atoms in total. The Labute approximate surface area is 98.2 Å². The van der Waals surface area contributed by atoms with E-state index in [2.05, 4.69) is 0 Å². The number of esters is 1. The predicted molar refractivity (Wildman–Crippen MR) is 63.0 cm³/mol. The lowest BCUT2D eigenvalue weighted by Gasteiger charge is -2.33. The Kier molecular flexibility index (Phi) is 4.36. The molecule has 1 aliphatic carbocycles. The van der Waals surface area contributed by atoms with Crippen LogP contribution in [0.5, 0.6) is 0 Å². The summed E-state index contributed by atoms with van der Waals surface area (Å²) in [5, 5.41) is 10.5. The number of hydrogen-bond acceptors (Lipinski definition) is 3. The van der Waals surface area contributed by atoms with Gasteiger partial charge in [0.15, 0.2) is 0 Å². The summed E-state index contributed by atoms with van der Waals surface area (Å²) < 4.78 is 5.45. The minimum absolute atomic E-state index is 0.0722. The van der Waals surface area contributed by atoms with Crippen LogP contribution in [0.4, 0.5) is 0 Å². The summed E-state index contributed by atoms with van der Waals surface area (Å²) in [7, 11) is 0. The van der Waals surface area contributed by atoms with Crippen molar-refractivity contribution in [1.82, 2.24) is 0 Å². The normalized spacial score (nSPS) is 31.8. The van der Waals surface area contributed by atoms with Crippen LogP contribution in [0.1, 0.15) is 53.4 Å². The molecule has 3 heteroatoms. The van der Waals surface area contributed by atoms with Crippen molar-refractivity contribution in [2.75, 3.05) is 0 Å². The molecule has 1 fully saturated rings. The average molecular weight is 228 g/mol. The van der Waals surface area contributed by atoms with Crippen molar-refractivity contribution >= 4 is 5.97 Å². The van der Waals surface area contributed by atoms with Crippen LogP contribution in [0.15, 0.2) is 0 Å². The molecule has 0 aromatic carbocycles. The van der Waals surface area contributed by atoms with E-state index < -0.39 is 5.60 Å². The van der Waals surface area contributed by atoms with E-state index in [0.717, 1.165) is 25.7 Å². The zero-order valence-corrected chi connectivity index (χ0v) is 10.8. The van der Waals surface area contributed by atoms with Crippen LogP contribution in [0.25, 0.3) is 0 Å². The maximum atomic E-state index is 11.7. The van der Waals surface area contributed by atoms with E-state index in [1.54, 1.807) is 0 Å². The summed E-state index contributed by atoms with van der Waals surface area (Å²) in [5.41, 5.74) is -0.816. The van der Waals surface area contributed by atoms with Gasteiger partial charge in [0.05, 0.1) is 5.92 Å². The van der Waals surface area contributed by atoms with Gasteiger partial charge in [0, 0.05) is 0 Å². The van der Waals surface area contributed by atoms with E-state index in [-0.39, 0.29) is 23.9 Å². The number of carbonyl (C=O) groups excluding carboxylic acids is 1. The van der Waals surface area contributed by atoms with Crippen LogP contribution in [0, 0.1) is 11.8 Å². The monoisotopic (exact) mass is 228 g/mol. The van der Waals surface area contributed by atoms with Crippen molar-refractivity contribution in [3.63, 3.8) is 0 Å². The summed E-state index contributed by atoms with van der Waals surface area (Å²) in [5.74, 6) is -0.116. The Hall–Kier alpha value is -0.570. The summed E-state index contributed by atoms with van der Waals surface area (Å²) in [6, 6.07) is 0. The average Bonchev–Trinajstić information content (AvgIpc) is 2.60. The summed E-state index contributed by atoms with van der Waals surface area (Å²) in [6.07, 6.45) is 2.94. The predicted octanol–water partition coefficient (Wildman–Crippen LogP) is 2.52.